The molecule has 6 heteroatoms. The summed E-state index contributed by atoms with van der Waals surface area (Å²) in [4.78, 5) is 33.6. The minimum atomic E-state index is -0.721. The number of hydrogen-bond donors (Lipinski definition) is 0. The second-order valence-corrected chi connectivity index (χ2v) is 3.89. The quantitative estimate of drug-likeness (QED) is 0.457. The zero-order valence-corrected chi connectivity index (χ0v) is 9.95. The number of carbonyl (C=O) groups excluding carboxylic acids is 2. The van der Waals surface area contributed by atoms with Crippen molar-refractivity contribution in [2.75, 3.05) is 0 Å². The third-order valence-corrected chi connectivity index (χ3v) is 2.13. The molecule has 0 radical (unpaired) electrons. The maximum absolute atomic E-state index is 11.2. The fraction of sp³-hybridized carbons (Fsp3) is 0.250. The highest BCUT2D eigenvalue weighted by Crippen LogP contribution is 2.21. The molecule has 2 heterocycles. The Morgan fingerprint density at radius 2 is 2.17 bits per heavy atom. The number of carbonyl (C=O) groups is 2. The number of aldehydes is 1. The first-order chi connectivity index (χ1) is 8.61. The lowest BCUT2D eigenvalue weighted by Gasteiger charge is -2.10. The van der Waals surface area contributed by atoms with Crippen molar-refractivity contribution in [2.45, 2.75) is 20.0 Å². The summed E-state index contributed by atoms with van der Waals surface area (Å²) >= 11 is 0. The van der Waals surface area contributed by atoms with E-state index in [0.717, 1.165) is 0 Å². The highest BCUT2D eigenvalue weighted by atomic mass is 16.5. The van der Waals surface area contributed by atoms with E-state index in [2.05, 4.69) is 15.0 Å². The van der Waals surface area contributed by atoms with Crippen LogP contribution in [0.4, 0.5) is 0 Å². The first kappa shape index (κ1) is 12.1. The summed E-state index contributed by atoms with van der Waals surface area (Å²) in [5.74, 6) is -0.172. The van der Waals surface area contributed by atoms with E-state index >= 15 is 0 Å². The third kappa shape index (κ3) is 2.32. The van der Waals surface area contributed by atoms with Gasteiger partial charge in [-0.25, -0.2) is 15.0 Å². The third-order valence-electron chi connectivity index (χ3n) is 2.13. The van der Waals surface area contributed by atoms with Crippen molar-refractivity contribution in [1.82, 2.24) is 15.0 Å². The molecule has 2 aromatic rings. The number of rotatable bonds is 4. The minimum absolute atomic E-state index is 0.00585. The van der Waals surface area contributed by atoms with Gasteiger partial charge in [-0.1, -0.05) is 0 Å². The molecule has 0 saturated carbocycles. The minimum Gasteiger partial charge on any atom is -0.489 e. The van der Waals surface area contributed by atoms with Crippen molar-refractivity contribution >= 4 is 23.2 Å². The predicted molar refractivity (Wildman–Crippen MR) is 63.5 cm³/mol. The Morgan fingerprint density at radius 3 is 2.83 bits per heavy atom. The maximum atomic E-state index is 11.2. The van der Waals surface area contributed by atoms with Crippen LogP contribution in [0.2, 0.25) is 0 Å². The standard InChI is InChI=1S/C12H11N3O3/c1-7(2)18-10-3-4-13-12-11(10)14-5-8(15-12)9(17)6-16/h3-7H,1-2H3. The van der Waals surface area contributed by atoms with Gasteiger partial charge in [0.05, 0.1) is 12.3 Å². The Bertz CT molecular complexity index is 611. The summed E-state index contributed by atoms with van der Waals surface area (Å²) in [7, 11) is 0. The van der Waals surface area contributed by atoms with Crippen molar-refractivity contribution in [3.05, 3.63) is 24.2 Å². The lowest BCUT2D eigenvalue weighted by molar-refractivity contribution is -0.104. The zero-order chi connectivity index (χ0) is 13.1. The predicted octanol–water partition coefficient (Wildman–Crippen LogP) is 1.19. The van der Waals surface area contributed by atoms with Gasteiger partial charge in [0.15, 0.2) is 17.7 Å². The van der Waals surface area contributed by atoms with Crippen LogP contribution in [0.5, 0.6) is 5.75 Å². The summed E-state index contributed by atoms with van der Waals surface area (Å²) in [5.41, 5.74) is 0.723. The van der Waals surface area contributed by atoms with Crippen molar-refractivity contribution < 1.29 is 14.3 Å². The van der Waals surface area contributed by atoms with Crippen LogP contribution in [0.25, 0.3) is 11.2 Å². The molecule has 0 amide bonds. The number of ether oxygens (including phenoxy) is 1. The molecule has 0 spiro atoms. The van der Waals surface area contributed by atoms with Crippen LogP contribution in [-0.4, -0.2) is 33.1 Å². The lowest BCUT2D eigenvalue weighted by Crippen LogP contribution is -2.08. The van der Waals surface area contributed by atoms with Gasteiger partial charge in [0.25, 0.3) is 0 Å². The number of hydrogen-bond acceptors (Lipinski definition) is 6. The van der Waals surface area contributed by atoms with E-state index in [0.29, 0.717) is 11.3 Å². The van der Waals surface area contributed by atoms with Gasteiger partial charge in [-0.15, -0.1) is 0 Å². The van der Waals surface area contributed by atoms with Gasteiger partial charge >= 0.3 is 0 Å². The van der Waals surface area contributed by atoms with Crippen LogP contribution >= 0.6 is 0 Å². The molecule has 2 aromatic heterocycles. The Kier molecular flexibility index (Phi) is 3.27. The number of fused-ring (bicyclic) bond motifs is 1. The maximum Gasteiger partial charge on any atom is 0.245 e. The normalized spacial score (nSPS) is 10.6. The molecule has 0 aliphatic carbocycles. The van der Waals surface area contributed by atoms with Gasteiger partial charge < -0.3 is 4.74 Å². The van der Waals surface area contributed by atoms with Crippen molar-refractivity contribution in [2.24, 2.45) is 0 Å². The molecule has 92 valence electrons. The van der Waals surface area contributed by atoms with Crippen LogP contribution in [0.15, 0.2) is 18.5 Å². The van der Waals surface area contributed by atoms with Gasteiger partial charge in [0.2, 0.25) is 5.78 Å². The Morgan fingerprint density at radius 1 is 1.39 bits per heavy atom. The SMILES string of the molecule is CC(C)Oc1ccnc2nc(C(=O)C=O)cnc12. The number of nitrogens with zero attached hydrogens (tertiary/aromatic N) is 3. The van der Waals surface area contributed by atoms with Crippen molar-refractivity contribution in [3.8, 4) is 5.75 Å². The molecule has 0 bridgehead atoms. The molecule has 0 unspecified atom stereocenters. The summed E-state index contributed by atoms with van der Waals surface area (Å²) in [5, 5.41) is 0. The first-order valence-electron chi connectivity index (χ1n) is 5.39. The highest BCUT2D eigenvalue weighted by molar-refractivity contribution is 6.32. The average Bonchev–Trinajstić information content (AvgIpc) is 2.37. The van der Waals surface area contributed by atoms with Gasteiger partial charge in [0.1, 0.15) is 11.2 Å². The molecule has 0 aliphatic rings. The second kappa shape index (κ2) is 4.87. The van der Waals surface area contributed by atoms with E-state index in [1.807, 2.05) is 13.8 Å². The largest absolute Gasteiger partial charge is 0.489 e. The molecular formula is C12H11N3O3. The Balaban J connectivity index is 2.53. The highest BCUT2D eigenvalue weighted by Gasteiger charge is 2.12. The molecule has 0 saturated heterocycles. The topological polar surface area (TPSA) is 82.0 Å². The average molecular weight is 245 g/mol. The van der Waals surface area contributed by atoms with Crippen molar-refractivity contribution in [1.29, 1.82) is 0 Å². The number of Topliss-reactive ketones (excluding diaryl/α,β-unsaturated/α-hetero) is 1. The van der Waals surface area contributed by atoms with Crippen LogP contribution in [0.1, 0.15) is 24.3 Å². The Hall–Kier alpha value is -2.37. The van der Waals surface area contributed by atoms with Crippen LogP contribution < -0.4 is 4.74 Å². The van der Waals surface area contributed by atoms with Gasteiger partial charge in [-0.2, -0.15) is 0 Å². The molecule has 18 heavy (non-hydrogen) atoms. The summed E-state index contributed by atoms with van der Waals surface area (Å²) in [6.45, 7) is 3.79. The van der Waals surface area contributed by atoms with Gasteiger partial charge in [-0.05, 0) is 13.8 Å². The molecule has 0 N–H and O–H groups in total. The van der Waals surface area contributed by atoms with E-state index in [9.17, 15) is 9.59 Å². The fourth-order valence-electron chi connectivity index (χ4n) is 1.43. The molecular weight excluding hydrogens is 234 g/mol. The number of ketones is 1. The number of aromatic nitrogens is 3. The molecule has 0 fully saturated rings. The zero-order valence-electron chi connectivity index (χ0n) is 9.95. The number of pyridine rings is 1. The van der Waals surface area contributed by atoms with Gasteiger partial charge in [0, 0.05) is 12.3 Å². The molecule has 0 atom stereocenters. The fourth-order valence-corrected chi connectivity index (χ4v) is 1.43. The molecule has 0 aliphatic heterocycles. The molecule has 0 aromatic carbocycles. The van der Waals surface area contributed by atoms with E-state index in [-0.39, 0.29) is 23.7 Å². The van der Waals surface area contributed by atoms with E-state index in [1.54, 1.807) is 6.07 Å². The van der Waals surface area contributed by atoms with Crippen LogP contribution in [-0.2, 0) is 4.79 Å². The van der Waals surface area contributed by atoms with Crippen molar-refractivity contribution in [3.63, 3.8) is 0 Å². The Labute approximate surface area is 103 Å². The van der Waals surface area contributed by atoms with Gasteiger partial charge in [-0.3, -0.25) is 9.59 Å². The van der Waals surface area contributed by atoms with E-state index in [4.69, 9.17) is 4.74 Å². The van der Waals surface area contributed by atoms with E-state index < -0.39 is 5.78 Å². The first-order valence-corrected chi connectivity index (χ1v) is 5.39. The molecule has 2 rings (SSSR count). The van der Waals surface area contributed by atoms with Crippen LogP contribution in [0, 0.1) is 0 Å². The van der Waals surface area contributed by atoms with Crippen LogP contribution in [0.3, 0.4) is 0 Å². The monoisotopic (exact) mass is 245 g/mol. The second-order valence-electron chi connectivity index (χ2n) is 3.89. The molecule has 6 nitrogen and oxygen atoms in total. The lowest BCUT2D eigenvalue weighted by atomic mass is 10.3. The summed E-state index contributed by atoms with van der Waals surface area (Å²) < 4.78 is 5.56. The summed E-state index contributed by atoms with van der Waals surface area (Å²) in [6.07, 6.45) is 2.95. The summed E-state index contributed by atoms with van der Waals surface area (Å²) in [6, 6.07) is 1.68. The smallest absolute Gasteiger partial charge is 0.245 e. The van der Waals surface area contributed by atoms with E-state index in [1.165, 1.54) is 12.4 Å².